The predicted molar refractivity (Wildman–Crippen MR) is 133 cm³/mol. The Morgan fingerprint density at radius 3 is 2.72 bits per heavy atom. The second-order valence-electron chi connectivity index (χ2n) is 9.05. The lowest BCUT2D eigenvalue weighted by molar-refractivity contribution is -0.384. The Morgan fingerprint density at radius 2 is 1.97 bits per heavy atom. The Labute approximate surface area is 219 Å². The smallest absolute Gasteiger partial charge is 0.405 e. The Bertz CT molecular complexity index is 1490. The number of hydrogen-bond donors (Lipinski definition) is 2. The summed E-state index contributed by atoms with van der Waals surface area (Å²) in [5.74, 6) is 0.0409. The maximum absolute atomic E-state index is 12.8. The number of anilines is 1. The molecule has 1 amide bonds. The molecule has 3 heterocycles. The molecule has 14 heteroatoms. The molecule has 11 nitrogen and oxygen atoms in total. The van der Waals surface area contributed by atoms with E-state index < -0.39 is 11.3 Å². The van der Waals surface area contributed by atoms with Gasteiger partial charge in [0.25, 0.3) is 17.5 Å². The van der Waals surface area contributed by atoms with Crippen molar-refractivity contribution in [1.82, 2.24) is 20.4 Å². The number of carbonyl (C=O) groups excluding carboxylic acids is 1. The number of hydrogen-bond acceptors (Lipinski definition) is 8. The van der Waals surface area contributed by atoms with Gasteiger partial charge in [-0.3, -0.25) is 14.9 Å². The second kappa shape index (κ2) is 10.6. The van der Waals surface area contributed by atoms with Crippen LogP contribution in [-0.2, 0) is 6.42 Å². The number of rotatable bonds is 8. The van der Waals surface area contributed by atoms with Crippen LogP contribution in [0.1, 0.15) is 40.7 Å². The van der Waals surface area contributed by atoms with Crippen molar-refractivity contribution in [3.8, 4) is 5.75 Å². The average molecular weight is 544 g/mol. The standard InChI is InChI=1S/C25H23F3N6O5/c26-25(27,28)38-21-4-2-1-3-18(21)15-8-11-33(12-9-15)24-31-22(39-32-24)7-10-29-23(35)20-14-16-13-17(34(36)37)5-6-19(16)30-20/h1-6,13-15,30H,7-12H2,(H,29,35). The summed E-state index contributed by atoms with van der Waals surface area (Å²) in [5, 5.41) is 18.2. The monoisotopic (exact) mass is 544 g/mol. The van der Waals surface area contributed by atoms with Crippen molar-refractivity contribution in [1.29, 1.82) is 0 Å². The van der Waals surface area contributed by atoms with Crippen LogP contribution in [0.25, 0.3) is 10.9 Å². The number of aromatic nitrogens is 3. The molecule has 39 heavy (non-hydrogen) atoms. The molecule has 2 N–H and O–H groups in total. The third-order valence-corrected chi connectivity index (χ3v) is 6.50. The number of nitrogens with one attached hydrogen (secondary N) is 2. The molecular weight excluding hydrogens is 521 g/mol. The van der Waals surface area contributed by atoms with Gasteiger partial charge in [0.05, 0.1) is 4.92 Å². The van der Waals surface area contributed by atoms with E-state index in [9.17, 15) is 28.1 Å². The fraction of sp³-hybridized carbons (Fsp3) is 0.320. The first-order chi connectivity index (χ1) is 18.7. The van der Waals surface area contributed by atoms with Gasteiger partial charge in [-0.2, -0.15) is 4.98 Å². The first-order valence-corrected chi connectivity index (χ1v) is 12.1. The molecular formula is C25H23F3N6O5. The van der Waals surface area contributed by atoms with Crippen LogP contribution in [0.3, 0.4) is 0 Å². The summed E-state index contributed by atoms with van der Waals surface area (Å²) in [4.78, 5) is 32.2. The molecule has 0 radical (unpaired) electrons. The number of nitro benzene ring substituents is 1. The average Bonchev–Trinajstić information content (AvgIpc) is 3.55. The Morgan fingerprint density at radius 1 is 1.21 bits per heavy atom. The molecule has 1 aliphatic heterocycles. The topological polar surface area (TPSA) is 139 Å². The van der Waals surface area contributed by atoms with Crippen molar-refractivity contribution in [2.24, 2.45) is 0 Å². The summed E-state index contributed by atoms with van der Waals surface area (Å²) in [6.45, 7) is 1.27. The number of amides is 1. The van der Waals surface area contributed by atoms with Crippen molar-refractivity contribution in [2.45, 2.75) is 31.5 Å². The largest absolute Gasteiger partial charge is 0.573 e. The first-order valence-electron chi connectivity index (χ1n) is 12.1. The van der Waals surface area contributed by atoms with Gasteiger partial charge in [-0.1, -0.05) is 18.2 Å². The van der Waals surface area contributed by atoms with Crippen molar-refractivity contribution >= 4 is 28.4 Å². The molecule has 1 saturated heterocycles. The molecule has 0 aliphatic carbocycles. The van der Waals surface area contributed by atoms with Gasteiger partial charge < -0.3 is 24.5 Å². The summed E-state index contributed by atoms with van der Waals surface area (Å²) in [5.41, 5.74) is 1.33. The van der Waals surface area contributed by atoms with Gasteiger partial charge in [-0.15, -0.1) is 13.2 Å². The molecule has 1 fully saturated rings. The van der Waals surface area contributed by atoms with E-state index in [4.69, 9.17) is 4.52 Å². The van der Waals surface area contributed by atoms with E-state index in [0.29, 0.717) is 54.2 Å². The quantitative estimate of drug-likeness (QED) is 0.240. The van der Waals surface area contributed by atoms with Crippen LogP contribution in [0.15, 0.2) is 53.1 Å². The minimum absolute atomic E-state index is 0.0647. The minimum atomic E-state index is -4.75. The van der Waals surface area contributed by atoms with Crippen molar-refractivity contribution in [3.05, 3.63) is 75.8 Å². The van der Waals surface area contributed by atoms with E-state index in [1.165, 1.54) is 24.3 Å². The summed E-state index contributed by atoms with van der Waals surface area (Å²) < 4.78 is 47.8. The minimum Gasteiger partial charge on any atom is -0.405 e. The number of piperidine rings is 1. The molecule has 0 atom stereocenters. The zero-order chi connectivity index (χ0) is 27.6. The fourth-order valence-electron chi connectivity index (χ4n) is 4.64. The number of non-ortho nitro benzene ring substituents is 1. The van der Waals surface area contributed by atoms with Crippen molar-refractivity contribution < 1.29 is 32.1 Å². The third kappa shape index (κ3) is 6.10. The van der Waals surface area contributed by atoms with Crippen molar-refractivity contribution in [2.75, 3.05) is 24.5 Å². The molecule has 2 aromatic heterocycles. The molecule has 2 aromatic carbocycles. The third-order valence-electron chi connectivity index (χ3n) is 6.50. The number of ether oxygens (including phenoxy) is 1. The molecule has 0 bridgehead atoms. The van der Waals surface area contributed by atoms with E-state index in [1.54, 1.807) is 24.3 Å². The molecule has 0 spiro atoms. The lowest BCUT2D eigenvalue weighted by Gasteiger charge is -2.31. The van der Waals surface area contributed by atoms with Crippen LogP contribution >= 0.6 is 0 Å². The summed E-state index contributed by atoms with van der Waals surface area (Å²) in [7, 11) is 0. The highest BCUT2D eigenvalue weighted by atomic mass is 19.4. The number of nitrogens with zero attached hydrogens (tertiary/aromatic N) is 4. The van der Waals surface area contributed by atoms with E-state index in [2.05, 4.69) is 25.2 Å². The lowest BCUT2D eigenvalue weighted by atomic mass is 9.89. The molecule has 1 aliphatic rings. The van der Waals surface area contributed by atoms with Crippen LogP contribution in [0.2, 0.25) is 0 Å². The van der Waals surface area contributed by atoms with E-state index in [-0.39, 0.29) is 41.9 Å². The van der Waals surface area contributed by atoms with Crippen LogP contribution in [-0.4, -0.2) is 52.0 Å². The van der Waals surface area contributed by atoms with Gasteiger partial charge in [0.1, 0.15) is 11.4 Å². The maximum atomic E-state index is 12.8. The number of aromatic amines is 1. The van der Waals surface area contributed by atoms with Gasteiger partial charge in [-0.25, -0.2) is 0 Å². The van der Waals surface area contributed by atoms with Gasteiger partial charge >= 0.3 is 6.36 Å². The normalized spacial score (nSPS) is 14.5. The SMILES string of the molecule is O=C(NCCc1nc(N2CCC(c3ccccc3OC(F)(F)F)CC2)no1)c1cc2cc([N+](=O)[O-])ccc2[nH]1. The maximum Gasteiger partial charge on any atom is 0.573 e. The number of alkyl halides is 3. The molecule has 5 rings (SSSR count). The van der Waals surface area contributed by atoms with Crippen LogP contribution < -0.4 is 15.0 Å². The number of benzene rings is 2. The van der Waals surface area contributed by atoms with Crippen molar-refractivity contribution in [3.63, 3.8) is 0 Å². The van der Waals surface area contributed by atoms with E-state index in [0.717, 1.165) is 0 Å². The Balaban J connectivity index is 1.12. The molecule has 0 unspecified atom stereocenters. The number of nitro groups is 1. The highest BCUT2D eigenvalue weighted by Crippen LogP contribution is 2.37. The number of halogens is 3. The summed E-state index contributed by atoms with van der Waals surface area (Å²) in [6.07, 6.45) is -3.29. The van der Waals surface area contributed by atoms with Gasteiger partial charge in [0.15, 0.2) is 0 Å². The predicted octanol–water partition coefficient (Wildman–Crippen LogP) is 4.71. The van der Waals surface area contributed by atoms with Crippen LogP contribution in [0.4, 0.5) is 24.8 Å². The number of H-pyrrole nitrogens is 1. The highest BCUT2D eigenvalue weighted by molar-refractivity contribution is 5.98. The van der Waals surface area contributed by atoms with Gasteiger partial charge in [-0.05, 0) is 47.7 Å². The summed E-state index contributed by atoms with van der Waals surface area (Å²) in [6, 6.07) is 12.0. The fourth-order valence-corrected chi connectivity index (χ4v) is 4.64. The molecule has 204 valence electrons. The first kappa shape index (κ1) is 26.0. The Kier molecular flexibility index (Phi) is 7.09. The van der Waals surface area contributed by atoms with E-state index in [1.807, 2.05) is 4.90 Å². The second-order valence-corrected chi connectivity index (χ2v) is 9.05. The summed E-state index contributed by atoms with van der Waals surface area (Å²) >= 11 is 0. The van der Waals surface area contributed by atoms with Crippen LogP contribution in [0, 0.1) is 10.1 Å². The number of fused-ring (bicyclic) bond motifs is 1. The molecule has 0 saturated carbocycles. The zero-order valence-corrected chi connectivity index (χ0v) is 20.4. The van der Waals surface area contributed by atoms with Gasteiger partial charge in [0.2, 0.25) is 5.89 Å². The van der Waals surface area contributed by atoms with Gasteiger partial charge in [0, 0.05) is 49.1 Å². The molecule has 4 aromatic rings. The van der Waals surface area contributed by atoms with E-state index >= 15 is 0 Å². The zero-order valence-electron chi connectivity index (χ0n) is 20.4. The van der Waals surface area contributed by atoms with Crippen LogP contribution in [0.5, 0.6) is 5.75 Å². The number of carbonyl (C=O) groups is 1. The highest BCUT2D eigenvalue weighted by Gasteiger charge is 2.33. The number of para-hydroxylation sites is 1. The Hall–Kier alpha value is -4.62. The lowest BCUT2D eigenvalue weighted by Crippen LogP contribution is -2.34.